The Labute approximate surface area is 142 Å². The molecule has 0 bridgehead atoms. The quantitative estimate of drug-likeness (QED) is 0.514. The molecule has 20 heavy (non-hydrogen) atoms. The Morgan fingerprint density at radius 2 is 1.90 bits per heavy atom. The second-order valence-corrected chi connectivity index (χ2v) is 7.43. The highest BCUT2D eigenvalue weighted by Crippen LogP contribution is 2.39. The van der Waals surface area contributed by atoms with Crippen LogP contribution in [0, 0.1) is 0 Å². The number of rotatable bonds is 2. The van der Waals surface area contributed by atoms with Crippen molar-refractivity contribution in [2.24, 2.45) is 0 Å². The molecule has 102 valence electrons. The predicted octanol–water partition coefficient (Wildman–Crippen LogP) is 6.16. The van der Waals surface area contributed by atoms with Gasteiger partial charge in [-0.1, -0.05) is 45.7 Å². The van der Waals surface area contributed by atoms with Gasteiger partial charge in [0.15, 0.2) is 0 Å². The summed E-state index contributed by atoms with van der Waals surface area (Å²) in [6.45, 7) is 0. The second kappa shape index (κ2) is 5.78. The fraction of sp³-hybridized carbons (Fsp3) is 0.0667. The molecule has 0 amide bonds. The van der Waals surface area contributed by atoms with Crippen molar-refractivity contribution in [1.29, 1.82) is 0 Å². The Kier molecular flexibility index (Phi) is 4.20. The molecular formula is C15H9Br2ClOS. The van der Waals surface area contributed by atoms with Gasteiger partial charge in [-0.3, -0.25) is 0 Å². The molecule has 0 aliphatic carbocycles. The van der Waals surface area contributed by atoms with Gasteiger partial charge in [0.2, 0.25) is 0 Å². The van der Waals surface area contributed by atoms with Gasteiger partial charge in [0.05, 0.1) is 0 Å². The minimum Gasteiger partial charge on any atom is -0.384 e. The van der Waals surface area contributed by atoms with Crippen LogP contribution in [0.4, 0.5) is 0 Å². The Morgan fingerprint density at radius 1 is 1.10 bits per heavy atom. The summed E-state index contributed by atoms with van der Waals surface area (Å²) < 4.78 is 3.08. The van der Waals surface area contributed by atoms with Crippen molar-refractivity contribution >= 4 is 64.9 Å². The third-order valence-corrected chi connectivity index (χ3v) is 5.92. The highest BCUT2D eigenvalue weighted by Gasteiger charge is 2.18. The third kappa shape index (κ3) is 2.55. The first-order valence-corrected chi connectivity index (χ1v) is 8.71. The fourth-order valence-corrected chi connectivity index (χ4v) is 4.56. The molecule has 0 saturated carbocycles. The van der Waals surface area contributed by atoms with Crippen LogP contribution in [0.5, 0.6) is 0 Å². The van der Waals surface area contributed by atoms with Crippen LogP contribution >= 0.6 is 54.8 Å². The number of aliphatic hydroxyl groups is 1. The number of benzene rings is 2. The van der Waals surface area contributed by atoms with Crippen molar-refractivity contribution in [3.63, 3.8) is 0 Å². The molecule has 1 nitrogen and oxygen atoms in total. The van der Waals surface area contributed by atoms with Crippen molar-refractivity contribution in [2.75, 3.05) is 0 Å². The van der Waals surface area contributed by atoms with Gasteiger partial charge in [0.1, 0.15) is 6.10 Å². The largest absolute Gasteiger partial charge is 0.384 e. The van der Waals surface area contributed by atoms with Crippen molar-refractivity contribution in [2.45, 2.75) is 6.10 Å². The van der Waals surface area contributed by atoms with Crippen molar-refractivity contribution < 1.29 is 5.11 Å². The van der Waals surface area contributed by atoms with E-state index in [0.29, 0.717) is 5.02 Å². The van der Waals surface area contributed by atoms with E-state index in [9.17, 15) is 5.11 Å². The van der Waals surface area contributed by atoms with Crippen LogP contribution in [-0.2, 0) is 0 Å². The summed E-state index contributed by atoms with van der Waals surface area (Å²) >= 11 is 14.8. The molecule has 2 aromatic carbocycles. The van der Waals surface area contributed by atoms with Gasteiger partial charge >= 0.3 is 0 Å². The summed E-state index contributed by atoms with van der Waals surface area (Å²) in [6, 6.07) is 11.5. The lowest BCUT2D eigenvalue weighted by atomic mass is 10.0. The Bertz CT molecular complexity index is 785. The van der Waals surface area contributed by atoms with E-state index in [2.05, 4.69) is 31.9 Å². The summed E-state index contributed by atoms with van der Waals surface area (Å²) in [5.74, 6) is 0. The molecule has 1 heterocycles. The van der Waals surface area contributed by atoms with E-state index in [0.717, 1.165) is 30.2 Å². The first-order chi connectivity index (χ1) is 9.58. The van der Waals surface area contributed by atoms with Crippen LogP contribution in [0.2, 0.25) is 5.02 Å². The normalized spacial score (nSPS) is 12.8. The van der Waals surface area contributed by atoms with Crippen molar-refractivity contribution in [3.05, 3.63) is 66.9 Å². The molecule has 0 saturated heterocycles. The monoisotopic (exact) mass is 430 g/mol. The molecule has 1 unspecified atom stereocenters. The van der Waals surface area contributed by atoms with E-state index in [-0.39, 0.29) is 0 Å². The molecule has 0 aliphatic heterocycles. The van der Waals surface area contributed by atoms with Crippen LogP contribution in [-0.4, -0.2) is 5.11 Å². The summed E-state index contributed by atoms with van der Waals surface area (Å²) in [5.41, 5.74) is 1.60. The van der Waals surface area contributed by atoms with Gasteiger partial charge in [-0.15, -0.1) is 11.3 Å². The maximum Gasteiger partial charge on any atom is 0.107 e. The Balaban J connectivity index is 2.13. The molecule has 1 atom stereocenters. The first kappa shape index (κ1) is 14.5. The number of halogens is 3. The smallest absolute Gasteiger partial charge is 0.107 e. The highest BCUT2D eigenvalue weighted by atomic mass is 79.9. The maximum absolute atomic E-state index is 10.6. The summed E-state index contributed by atoms with van der Waals surface area (Å²) in [6.07, 6.45) is -0.723. The van der Waals surface area contributed by atoms with E-state index in [4.69, 9.17) is 11.6 Å². The number of thiophene rings is 1. The number of hydrogen-bond donors (Lipinski definition) is 1. The van der Waals surface area contributed by atoms with Gasteiger partial charge in [0, 0.05) is 29.8 Å². The van der Waals surface area contributed by atoms with E-state index in [1.54, 1.807) is 17.4 Å². The van der Waals surface area contributed by atoms with Gasteiger partial charge in [-0.05, 0) is 44.9 Å². The van der Waals surface area contributed by atoms with Gasteiger partial charge in [0.25, 0.3) is 0 Å². The van der Waals surface area contributed by atoms with Crippen LogP contribution < -0.4 is 0 Å². The maximum atomic E-state index is 10.6. The van der Waals surface area contributed by atoms with Gasteiger partial charge in [-0.25, -0.2) is 0 Å². The van der Waals surface area contributed by atoms with Crippen molar-refractivity contribution in [3.8, 4) is 0 Å². The van der Waals surface area contributed by atoms with Crippen LogP contribution in [0.25, 0.3) is 10.1 Å². The van der Waals surface area contributed by atoms with Crippen molar-refractivity contribution in [1.82, 2.24) is 0 Å². The molecule has 5 heteroatoms. The van der Waals surface area contributed by atoms with Gasteiger partial charge < -0.3 is 5.11 Å². The van der Waals surface area contributed by atoms with Crippen LogP contribution in [0.3, 0.4) is 0 Å². The van der Waals surface area contributed by atoms with Crippen LogP contribution in [0.15, 0.2) is 50.7 Å². The lowest BCUT2D eigenvalue weighted by Crippen LogP contribution is -1.99. The summed E-state index contributed by atoms with van der Waals surface area (Å²) in [4.78, 5) is 0. The second-order valence-electron chi connectivity index (χ2n) is 4.38. The molecule has 0 spiro atoms. The zero-order valence-electron chi connectivity index (χ0n) is 10.1. The first-order valence-electron chi connectivity index (χ1n) is 5.86. The number of fused-ring (bicyclic) bond motifs is 1. The molecule has 0 aliphatic rings. The minimum atomic E-state index is -0.723. The predicted molar refractivity (Wildman–Crippen MR) is 92.7 cm³/mol. The fourth-order valence-electron chi connectivity index (χ4n) is 2.14. The highest BCUT2D eigenvalue weighted by molar-refractivity contribution is 9.11. The average Bonchev–Trinajstić information content (AvgIpc) is 2.83. The van der Waals surface area contributed by atoms with E-state index >= 15 is 0 Å². The molecular weight excluding hydrogens is 423 g/mol. The Hall–Kier alpha value is -0.390. The Morgan fingerprint density at radius 3 is 2.65 bits per heavy atom. The lowest BCUT2D eigenvalue weighted by Gasteiger charge is -2.12. The molecule has 3 rings (SSSR count). The molecule has 0 fully saturated rings. The summed E-state index contributed by atoms with van der Waals surface area (Å²) in [5, 5.41) is 14.2. The zero-order chi connectivity index (χ0) is 14.3. The van der Waals surface area contributed by atoms with E-state index in [1.807, 2.05) is 35.7 Å². The topological polar surface area (TPSA) is 20.2 Å². The summed E-state index contributed by atoms with van der Waals surface area (Å²) in [7, 11) is 0. The van der Waals surface area contributed by atoms with Crippen LogP contribution in [0.1, 0.15) is 17.2 Å². The lowest BCUT2D eigenvalue weighted by molar-refractivity contribution is 0.222. The molecule has 0 radical (unpaired) electrons. The average molecular weight is 433 g/mol. The SMILES string of the molecule is OC(c1ccc(Br)cc1Cl)c1csc2c(Br)cccc12. The minimum absolute atomic E-state index is 0.557. The van der Waals surface area contributed by atoms with Gasteiger partial charge in [-0.2, -0.15) is 0 Å². The number of aliphatic hydroxyl groups excluding tert-OH is 1. The third-order valence-electron chi connectivity index (χ3n) is 3.13. The zero-order valence-corrected chi connectivity index (χ0v) is 14.9. The standard InChI is InChI=1S/C15H9Br2ClOS/c16-8-4-5-10(13(18)6-8)14(19)11-7-20-15-9(11)2-1-3-12(15)17/h1-7,14,19H. The molecule has 1 N–H and O–H groups in total. The number of hydrogen-bond acceptors (Lipinski definition) is 2. The molecule has 3 aromatic rings. The van der Waals surface area contributed by atoms with E-state index < -0.39 is 6.10 Å². The molecule has 1 aromatic heterocycles. The van der Waals surface area contributed by atoms with E-state index in [1.165, 1.54) is 0 Å².